The highest BCUT2D eigenvalue weighted by atomic mass is 14.5. The Morgan fingerprint density at radius 2 is 0.796 bits per heavy atom. The van der Waals surface area contributed by atoms with Crippen LogP contribution in [0.1, 0.15) is 22.3 Å². The molecule has 0 unspecified atom stereocenters. The zero-order valence-corrected chi connectivity index (χ0v) is 26.8. The summed E-state index contributed by atoms with van der Waals surface area (Å²) in [5, 5.41) is 7.74. The lowest BCUT2D eigenvalue weighted by Crippen LogP contribution is -2.26. The second-order valence-electron chi connectivity index (χ2n) is 13.5. The van der Waals surface area contributed by atoms with Crippen LogP contribution in [-0.2, 0) is 5.41 Å². The highest BCUT2D eigenvalue weighted by Crippen LogP contribution is 2.64. The molecule has 0 saturated heterocycles. The molecule has 0 aliphatic heterocycles. The Bertz CT molecular complexity index is 2790. The molecule has 11 rings (SSSR count). The summed E-state index contributed by atoms with van der Waals surface area (Å²) in [5.41, 5.74) is 15.4. The summed E-state index contributed by atoms with van der Waals surface area (Å²) < 4.78 is 0. The van der Waals surface area contributed by atoms with Crippen LogP contribution in [0.2, 0.25) is 0 Å². The smallest absolute Gasteiger partial charge is 0.0619 e. The first-order chi connectivity index (χ1) is 24.3. The minimum atomic E-state index is -0.417. The maximum absolute atomic E-state index is 2.52. The van der Waals surface area contributed by atoms with E-state index in [1.165, 1.54) is 99.1 Å². The lowest BCUT2D eigenvalue weighted by molar-refractivity contribution is 0.801. The van der Waals surface area contributed by atoms with Gasteiger partial charge in [0.1, 0.15) is 0 Å². The zero-order valence-electron chi connectivity index (χ0n) is 26.8. The van der Waals surface area contributed by atoms with E-state index in [1.54, 1.807) is 0 Å². The van der Waals surface area contributed by atoms with Gasteiger partial charge in [0, 0.05) is 0 Å². The predicted molar refractivity (Wildman–Crippen MR) is 206 cm³/mol. The number of hydrogen-bond donors (Lipinski definition) is 0. The molecule has 9 aromatic carbocycles. The van der Waals surface area contributed by atoms with E-state index in [9.17, 15) is 0 Å². The van der Waals surface area contributed by atoms with Gasteiger partial charge in [0.2, 0.25) is 0 Å². The molecule has 2 aliphatic rings. The van der Waals surface area contributed by atoms with Crippen molar-refractivity contribution in [3.8, 4) is 44.5 Å². The molecule has 0 radical (unpaired) electrons. The average Bonchev–Trinajstić information content (AvgIpc) is 3.65. The summed E-state index contributed by atoms with van der Waals surface area (Å²) >= 11 is 0. The Morgan fingerprint density at radius 1 is 0.265 bits per heavy atom. The SMILES string of the molecule is c1ccc(-c2cc3ccccc3c3ccccc23)c(-c2ccc3c(c2)C2(c4ccccc4-c4ccccc42)c2c-3ccc3ccccc23)c1. The quantitative estimate of drug-likeness (QED) is 0.169. The van der Waals surface area contributed by atoms with Gasteiger partial charge < -0.3 is 0 Å². The van der Waals surface area contributed by atoms with Crippen LogP contribution in [0.4, 0.5) is 0 Å². The fourth-order valence-corrected chi connectivity index (χ4v) is 9.33. The third-order valence-electron chi connectivity index (χ3n) is 11.3. The van der Waals surface area contributed by atoms with Gasteiger partial charge in [0.15, 0.2) is 0 Å². The van der Waals surface area contributed by atoms with E-state index in [4.69, 9.17) is 0 Å². The maximum Gasteiger partial charge on any atom is 0.0731 e. The van der Waals surface area contributed by atoms with Gasteiger partial charge in [-0.3, -0.25) is 0 Å². The molecule has 0 heteroatoms. The molecule has 0 amide bonds. The maximum atomic E-state index is 2.52. The summed E-state index contributed by atoms with van der Waals surface area (Å²) in [4.78, 5) is 0. The minimum absolute atomic E-state index is 0.417. The fraction of sp³-hybridized carbons (Fsp3) is 0.0204. The number of hydrogen-bond acceptors (Lipinski definition) is 0. The van der Waals surface area contributed by atoms with Crippen LogP contribution in [-0.4, -0.2) is 0 Å². The van der Waals surface area contributed by atoms with E-state index in [2.05, 4.69) is 182 Å². The molecule has 0 N–H and O–H groups in total. The number of rotatable bonds is 2. The monoisotopic (exact) mass is 618 g/mol. The number of fused-ring (bicyclic) bond motifs is 15. The van der Waals surface area contributed by atoms with Crippen LogP contribution < -0.4 is 0 Å². The van der Waals surface area contributed by atoms with E-state index < -0.39 is 5.41 Å². The Hall–Kier alpha value is -6.24. The predicted octanol–water partition coefficient (Wildman–Crippen LogP) is 12.8. The van der Waals surface area contributed by atoms with E-state index in [0.717, 1.165) is 0 Å². The van der Waals surface area contributed by atoms with Gasteiger partial charge in [0.05, 0.1) is 5.41 Å². The van der Waals surface area contributed by atoms with Crippen molar-refractivity contribution in [1.29, 1.82) is 0 Å². The van der Waals surface area contributed by atoms with Crippen LogP contribution in [0.25, 0.3) is 76.8 Å². The molecule has 2 aliphatic carbocycles. The standard InChI is InChI=1S/C49H30/c1-4-17-36-31(13-1)25-28-43-42-27-26-33(30-47(42)49(48(36)43)45-23-11-9-21-40(45)41-22-10-12-24-46(41)49)35-16-5-6-19-38(35)44-29-32-14-2-3-15-34(32)37-18-7-8-20-39(37)44/h1-30H. The molecule has 49 heavy (non-hydrogen) atoms. The van der Waals surface area contributed by atoms with E-state index in [1.807, 2.05) is 0 Å². The third-order valence-corrected chi connectivity index (χ3v) is 11.3. The van der Waals surface area contributed by atoms with Crippen molar-refractivity contribution in [2.75, 3.05) is 0 Å². The van der Waals surface area contributed by atoms with Crippen molar-refractivity contribution >= 4 is 32.3 Å². The third kappa shape index (κ3) is 3.48. The van der Waals surface area contributed by atoms with Crippen LogP contribution in [0.3, 0.4) is 0 Å². The molecule has 0 nitrogen and oxygen atoms in total. The first-order valence-electron chi connectivity index (χ1n) is 17.2. The van der Waals surface area contributed by atoms with Gasteiger partial charge in [-0.1, -0.05) is 170 Å². The minimum Gasteiger partial charge on any atom is -0.0619 e. The molecular weight excluding hydrogens is 589 g/mol. The lowest BCUT2D eigenvalue weighted by atomic mass is 9.69. The van der Waals surface area contributed by atoms with Gasteiger partial charge in [-0.05, 0) is 111 Å². The fourth-order valence-electron chi connectivity index (χ4n) is 9.33. The second-order valence-corrected chi connectivity index (χ2v) is 13.5. The zero-order chi connectivity index (χ0) is 32.1. The van der Waals surface area contributed by atoms with Crippen molar-refractivity contribution in [2.45, 2.75) is 5.41 Å². The summed E-state index contributed by atoms with van der Waals surface area (Å²) in [5.74, 6) is 0. The van der Waals surface area contributed by atoms with Crippen LogP contribution in [0, 0.1) is 0 Å². The molecule has 1 spiro atoms. The van der Waals surface area contributed by atoms with Crippen molar-refractivity contribution in [2.24, 2.45) is 0 Å². The molecule has 0 aromatic heterocycles. The molecule has 226 valence electrons. The van der Waals surface area contributed by atoms with Crippen LogP contribution in [0.5, 0.6) is 0 Å². The summed E-state index contributed by atoms with van der Waals surface area (Å²) in [6.45, 7) is 0. The molecule has 0 saturated carbocycles. The van der Waals surface area contributed by atoms with Gasteiger partial charge in [-0.2, -0.15) is 0 Å². The Kier molecular flexibility index (Phi) is 5.41. The van der Waals surface area contributed by atoms with E-state index >= 15 is 0 Å². The second kappa shape index (κ2) is 9.89. The molecule has 0 heterocycles. The highest BCUT2D eigenvalue weighted by molar-refractivity contribution is 6.15. The van der Waals surface area contributed by atoms with Gasteiger partial charge in [-0.25, -0.2) is 0 Å². The summed E-state index contributed by atoms with van der Waals surface area (Å²) in [6, 6.07) is 68.1. The largest absolute Gasteiger partial charge is 0.0731 e. The number of benzene rings is 9. The van der Waals surface area contributed by atoms with E-state index in [0.29, 0.717) is 0 Å². The van der Waals surface area contributed by atoms with Gasteiger partial charge in [-0.15, -0.1) is 0 Å². The van der Waals surface area contributed by atoms with Crippen molar-refractivity contribution in [1.82, 2.24) is 0 Å². The van der Waals surface area contributed by atoms with Crippen LogP contribution in [0.15, 0.2) is 182 Å². The summed E-state index contributed by atoms with van der Waals surface area (Å²) in [6.07, 6.45) is 0. The topological polar surface area (TPSA) is 0 Å². The Labute approximate surface area is 285 Å². The van der Waals surface area contributed by atoms with Crippen molar-refractivity contribution < 1.29 is 0 Å². The average molecular weight is 619 g/mol. The normalized spacial score (nSPS) is 13.5. The van der Waals surface area contributed by atoms with Gasteiger partial charge in [0.25, 0.3) is 0 Å². The summed E-state index contributed by atoms with van der Waals surface area (Å²) in [7, 11) is 0. The van der Waals surface area contributed by atoms with Crippen LogP contribution >= 0.6 is 0 Å². The van der Waals surface area contributed by atoms with E-state index in [-0.39, 0.29) is 0 Å². The highest BCUT2D eigenvalue weighted by Gasteiger charge is 2.52. The van der Waals surface area contributed by atoms with Gasteiger partial charge >= 0.3 is 0 Å². The Balaban J connectivity index is 1.23. The molecule has 0 atom stereocenters. The van der Waals surface area contributed by atoms with Crippen molar-refractivity contribution in [3.05, 3.63) is 204 Å². The molecular formula is C49H30. The molecule has 9 aromatic rings. The molecule has 0 bridgehead atoms. The first-order valence-corrected chi connectivity index (χ1v) is 17.2. The Morgan fingerprint density at radius 3 is 1.55 bits per heavy atom. The lowest BCUT2D eigenvalue weighted by Gasteiger charge is -2.31. The van der Waals surface area contributed by atoms with Crippen molar-refractivity contribution in [3.63, 3.8) is 0 Å². The molecule has 0 fully saturated rings. The first kappa shape index (κ1) is 26.8.